The van der Waals surface area contributed by atoms with E-state index >= 15 is 0 Å². The maximum absolute atomic E-state index is 10.6. The number of carboxylic acid groups (broad SMARTS) is 1. The van der Waals surface area contributed by atoms with E-state index in [1.165, 1.54) is 0 Å². The van der Waals surface area contributed by atoms with Crippen molar-refractivity contribution >= 4 is 5.97 Å². The molecular formula is C29H52N6O9. The lowest BCUT2D eigenvalue weighted by Gasteiger charge is -2.34. The van der Waals surface area contributed by atoms with Crippen LogP contribution < -0.4 is 0 Å². The Morgan fingerprint density at radius 3 is 1.80 bits per heavy atom. The van der Waals surface area contributed by atoms with Crippen molar-refractivity contribution in [2.24, 2.45) is 10.8 Å². The third-order valence-electron chi connectivity index (χ3n) is 7.65. The van der Waals surface area contributed by atoms with Crippen molar-refractivity contribution in [2.45, 2.75) is 78.7 Å². The van der Waals surface area contributed by atoms with Gasteiger partial charge in [0.25, 0.3) is 0 Å². The average Bonchev–Trinajstić information content (AvgIpc) is 3.68. The molecule has 15 heteroatoms. The maximum Gasteiger partial charge on any atom is 0.303 e. The Hall–Kier alpha value is -2.53. The molecule has 0 aliphatic rings. The molecule has 0 saturated heterocycles. The third-order valence-corrected chi connectivity index (χ3v) is 7.65. The number of aromatic nitrogens is 6. The van der Waals surface area contributed by atoms with E-state index in [1.54, 1.807) is 16.5 Å². The fourth-order valence-electron chi connectivity index (χ4n) is 4.28. The van der Waals surface area contributed by atoms with Gasteiger partial charge in [0.15, 0.2) is 0 Å². The maximum atomic E-state index is 10.6. The van der Waals surface area contributed by atoms with Crippen molar-refractivity contribution in [3.8, 4) is 0 Å². The second-order valence-corrected chi connectivity index (χ2v) is 11.3. The van der Waals surface area contributed by atoms with Crippen molar-refractivity contribution in [2.75, 3.05) is 66.6 Å². The standard InChI is InChI=1S/C29H52N6O9/c1-4-28(19-36,21-42-17-25-15-34(32-30-25)10-8-6-7-9-27(38)39)23-44-24-29(5-2,20-37)22-43-18-26-16-35(33-31-26)11-12-41-14-13-40-3/h15-16,36-37H,4-14,17-24H2,1-3H3,(H,38,39). The molecule has 3 N–H and O–H groups in total. The molecule has 0 saturated carbocycles. The van der Waals surface area contributed by atoms with E-state index in [9.17, 15) is 15.0 Å². The van der Waals surface area contributed by atoms with E-state index in [0.717, 1.165) is 12.8 Å². The Kier molecular flexibility index (Phi) is 18.2. The molecule has 2 rings (SSSR count). The molecular weight excluding hydrogens is 576 g/mol. The summed E-state index contributed by atoms with van der Waals surface area (Å²) in [6, 6.07) is 0. The summed E-state index contributed by atoms with van der Waals surface area (Å²) in [4.78, 5) is 10.6. The van der Waals surface area contributed by atoms with Crippen LogP contribution in [0.5, 0.6) is 0 Å². The number of hydrogen-bond acceptors (Lipinski definition) is 12. The van der Waals surface area contributed by atoms with Gasteiger partial charge in [0.2, 0.25) is 0 Å². The fourth-order valence-corrected chi connectivity index (χ4v) is 4.28. The summed E-state index contributed by atoms with van der Waals surface area (Å²) < 4.78 is 31.8. The molecule has 2 unspecified atom stereocenters. The number of aliphatic carboxylic acids is 1. The lowest BCUT2D eigenvalue weighted by atomic mass is 9.86. The molecule has 252 valence electrons. The molecule has 2 heterocycles. The summed E-state index contributed by atoms with van der Waals surface area (Å²) in [7, 11) is 1.63. The second-order valence-electron chi connectivity index (χ2n) is 11.3. The van der Waals surface area contributed by atoms with Gasteiger partial charge in [0, 0.05) is 30.9 Å². The molecule has 15 nitrogen and oxygen atoms in total. The number of carboxylic acids is 1. The quantitative estimate of drug-likeness (QED) is 0.116. The number of methoxy groups -OCH3 is 1. The lowest BCUT2D eigenvalue weighted by molar-refractivity contribution is -0.137. The number of rotatable bonds is 28. The SMILES string of the molecule is CCC(CO)(COCc1cn(CCCCCC(=O)O)nn1)COCC(CC)(CO)COCc1cn(CCOCCOC)nn1. The van der Waals surface area contributed by atoms with E-state index in [1.807, 2.05) is 26.2 Å². The van der Waals surface area contributed by atoms with Crippen LogP contribution in [0.1, 0.15) is 63.8 Å². The largest absolute Gasteiger partial charge is 0.481 e. The molecule has 0 fully saturated rings. The molecule has 2 aromatic heterocycles. The van der Waals surface area contributed by atoms with Crippen molar-refractivity contribution in [3.63, 3.8) is 0 Å². The number of carbonyl (C=O) groups is 1. The highest BCUT2D eigenvalue weighted by atomic mass is 16.5. The van der Waals surface area contributed by atoms with Crippen LogP contribution >= 0.6 is 0 Å². The topological polar surface area (TPSA) is 185 Å². The third kappa shape index (κ3) is 14.1. The number of aliphatic hydroxyl groups excluding tert-OH is 2. The van der Waals surface area contributed by atoms with Crippen LogP contribution in [0.25, 0.3) is 0 Å². The van der Waals surface area contributed by atoms with E-state index in [2.05, 4.69) is 20.6 Å². The highest BCUT2D eigenvalue weighted by Crippen LogP contribution is 2.27. The fraction of sp³-hybridized carbons (Fsp3) is 0.828. The van der Waals surface area contributed by atoms with E-state index in [4.69, 9.17) is 28.8 Å². The van der Waals surface area contributed by atoms with E-state index in [0.29, 0.717) is 63.6 Å². The van der Waals surface area contributed by atoms with Gasteiger partial charge in [-0.05, 0) is 25.7 Å². The molecule has 0 aliphatic heterocycles. The van der Waals surface area contributed by atoms with Crippen LogP contribution in [-0.2, 0) is 54.8 Å². The Morgan fingerprint density at radius 1 is 0.750 bits per heavy atom. The Balaban J connectivity index is 1.74. The van der Waals surface area contributed by atoms with Gasteiger partial charge >= 0.3 is 5.97 Å². The van der Waals surface area contributed by atoms with Crippen LogP contribution in [0, 0.1) is 10.8 Å². The zero-order valence-corrected chi connectivity index (χ0v) is 26.6. The van der Waals surface area contributed by atoms with Crippen molar-refractivity contribution in [3.05, 3.63) is 23.8 Å². The van der Waals surface area contributed by atoms with Crippen molar-refractivity contribution < 1.29 is 43.8 Å². The van der Waals surface area contributed by atoms with E-state index in [-0.39, 0.29) is 59.3 Å². The number of unbranched alkanes of at least 4 members (excludes halogenated alkanes) is 2. The van der Waals surface area contributed by atoms with E-state index < -0.39 is 16.8 Å². The number of hydrogen-bond donors (Lipinski definition) is 3. The van der Waals surface area contributed by atoms with Crippen LogP contribution in [-0.4, -0.2) is 118 Å². The van der Waals surface area contributed by atoms with Gasteiger partial charge in [-0.3, -0.25) is 9.48 Å². The first-order valence-corrected chi connectivity index (χ1v) is 15.3. The van der Waals surface area contributed by atoms with Crippen LogP contribution in [0.2, 0.25) is 0 Å². The van der Waals surface area contributed by atoms with Gasteiger partial charge in [0.1, 0.15) is 11.4 Å². The molecule has 0 amide bonds. The first kappa shape index (κ1) is 37.7. The van der Waals surface area contributed by atoms with Crippen LogP contribution in [0.3, 0.4) is 0 Å². The van der Waals surface area contributed by atoms with Gasteiger partial charge in [-0.1, -0.05) is 30.7 Å². The smallest absolute Gasteiger partial charge is 0.303 e. The minimum atomic E-state index is -0.778. The van der Waals surface area contributed by atoms with Crippen molar-refractivity contribution in [1.29, 1.82) is 0 Å². The zero-order valence-electron chi connectivity index (χ0n) is 26.6. The first-order valence-electron chi connectivity index (χ1n) is 15.3. The second kappa shape index (κ2) is 21.2. The number of aryl methyl sites for hydroxylation is 1. The molecule has 0 aromatic carbocycles. The monoisotopic (exact) mass is 628 g/mol. The minimum absolute atomic E-state index is 0.112. The molecule has 2 atom stereocenters. The highest BCUT2D eigenvalue weighted by Gasteiger charge is 2.33. The van der Waals surface area contributed by atoms with Crippen LogP contribution in [0.4, 0.5) is 0 Å². The first-order chi connectivity index (χ1) is 21.3. The van der Waals surface area contributed by atoms with Gasteiger partial charge in [-0.25, -0.2) is 4.68 Å². The Morgan fingerprint density at radius 2 is 1.30 bits per heavy atom. The highest BCUT2D eigenvalue weighted by molar-refractivity contribution is 5.66. The summed E-state index contributed by atoms with van der Waals surface area (Å²) in [6.07, 6.45) is 7.35. The summed E-state index contributed by atoms with van der Waals surface area (Å²) in [5, 5.41) is 45.7. The summed E-state index contributed by atoms with van der Waals surface area (Å²) in [5.74, 6) is -0.778. The number of ether oxygens (including phenoxy) is 5. The molecule has 0 radical (unpaired) electrons. The predicted octanol–water partition coefficient (Wildman–Crippen LogP) is 1.71. The molecule has 2 aromatic rings. The van der Waals surface area contributed by atoms with Crippen molar-refractivity contribution in [1.82, 2.24) is 30.0 Å². The normalized spacial score (nSPS) is 14.5. The Bertz CT molecular complexity index is 1030. The van der Waals surface area contributed by atoms with Gasteiger partial charge in [0.05, 0.1) is 91.6 Å². The summed E-state index contributed by atoms with van der Waals surface area (Å²) in [5.41, 5.74) is 0.149. The number of aliphatic hydroxyl groups is 2. The Labute approximate surface area is 259 Å². The summed E-state index contributed by atoms with van der Waals surface area (Å²) >= 11 is 0. The number of nitrogens with zero attached hydrogens (tertiary/aromatic N) is 6. The molecule has 44 heavy (non-hydrogen) atoms. The minimum Gasteiger partial charge on any atom is -0.481 e. The lowest BCUT2D eigenvalue weighted by Crippen LogP contribution is -2.40. The zero-order chi connectivity index (χ0) is 32.1. The molecule has 0 aliphatic carbocycles. The van der Waals surface area contributed by atoms with Gasteiger partial charge in [-0.2, -0.15) is 0 Å². The van der Waals surface area contributed by atoms with Gasteiger partial charge < -0.3 is 39.0 Å². The summed E-state index contributed by atoms with van der Waals surface area (Å²) in [6.45, 7) is 8.10. The van der Waals surface area contributed by atoms with Crippen LogP contribution in [0.15, 0.2) is 12.4 Å². The van der Waals surface area contributed by atoms with Gasteiger partial charge in [-0.15, -0.1) is 10.2 Å². The average molecular weight is 629 g/mol. The molecule has 0 bridgehead atoms. The predicted molar refractivity (Wildman–Crippen MR) is 159 cm³/mol. The molecule has 0 spiro atoms.